The third-order valence-electron chi connectivity index (χ3n) is 1.85. The Balaban J connectivity index is 2.87. The maximum absolute atomic E-state index is 9.98. The van der Waals surface area contributed by atoms with E-state index in [1.165, 1.54) is 5.56 Å². The van der Waals surface area contributed by atoms with Crippen LogP contribution < -0.4 is 0 Å². The Hall–Kier alpha value is -1.55. The van der Waals surface area contributed by atoms with Crippen molar-refractivity contribution in [2.24, 2.45) is 0 Å². The first kappa shape index (κ1) is 9.54. The Morgan fingerprint density at radius 3 is 2.31 bits per heavy atom. The van der Waals surface area contributed by atoms with E-state index in [2.05, 4.69) is 25.7 Å². The van der Waals surface area contributed by atoms with E-state index in [4.69, 9.17) is 0 Å². The van der Waals surface area contributed by atoms with E-state index < -0.39 is 0 Å². The van der Waals surface area contributed by atoms with Crippen molar-refractivity contribution in [1.29, 1.82) is 0 Å². The minimum atomic E-state index is 0.535. The Labute approximate surface area is 78.8 Å². The van der Waals surface area contributed by atoms with Crippen molar-refractivity contribution >= 4 is 6.29 Å². The van der Waals surface area contributed by atoms with Gasteiger partial charge in [-0.05, 0) is 29.5 Å². The summed E-state index contributed by atoms with van der Waals surface area (Å²) in [5, 5.41) is 0. The molecule has 0 saturated heterocycles. The second-order valence-corrected chi connectivity index (χ2v) is 3.16. The summed E-state index contributed by atoms with van der Waals surface area (Å²) >= 11 is 0. The summed E-state index contributed by atoms with van der Waals surface area (Å²) in [7, 11) is 0. The molecule has 0 saturated carbocycles. The smallest absolute Gasteiger partial charge is 0.193 e. The van der Waals surface area contributed by atoms with Gasteiger partial charge >= 0.3 is 0 Å². The number of hydrogen-bond acceptors (Lipinski definition) is 1. The van der Waals surface area contributed by atoms with Gasteiger partial charge in [0.25, 0.3) is 0 Å². The normalized spacial score (nSPS) is 9.15. The summed E-state index contributed by atoms with van der Waals surface area (Å²) in [4.78, 5) is 9.98. The summed E-state index contributed by atoms with van der Waals surface area (Å²) in [5.41, 5.74) is 2.17. The molecule has 1 aromatic carbocycles. The molecule has 0 aliphatic rings. The molecule has 1 heteroatoms. The Bertz CT molecular complexity index is 336. The monoisotopic (exact) mass is 172 g/mol. The van der Waals surface area contributed by atoms with Crippen molar-refractivity contribution in [2.75, 3.05) is 0 Å². The van der Waals surface area contributed by atoms with Crippen LogP contribution in [-0.4, -0.2) is 6.29 Å². The first-order valence-electron chi connectivity index (χ1n) is 4.29. The van der Waals surface area contributed by atoms with E-state index in [0.29, 0.717) is 12.2 Å². The van der Waals surface area contributed by atoms with Gasteiger partial charge in [0.1, 0.15) is 0 Å². The highest BCUT2D eigenvalue weighted by Gasteiger charge is 1.96. The molecule has 0 radical (unpaired) electrons. The van der Waals surface area contributed by atoms with Gasteiger partial charge < -0.3 is 0 Å². The van der Waals surface area contributed by atoms with Crippen molar-refractivity contribution in [1.82, 2.24) is 0 Å². The van der Waals surface area contributed by atoms with Gasteiger partial charge in [-0.25, -0.2) is 0 Å². The Morgan fingerprint density at radius 2 is 1.85 bits per heavy atom. The first-order chi connectivity index (χ1) is 6.24. The summed E-state index contributed by atoms with van der Waals surface area (Å²) < 4.78 is 0. The van der Waals surface area contributed by atoms with E-state index >= 15 is 0 Å². The lowest BCUT2D eigenvalue weighted by Crippen LogP contribution is -1.86. The molecule has 0 aliphatic carbocycles. The van der Waals surface area contributed by atoms with E-state index in [-0.39, 0.29) is 0 Å². The van der Waals surface area contributed by atoms with E-state index in [9.17, 15) is 4.79 Å². The van der Waals surface area contributed by atoms with Crippen LogP contribution in [0.25, 0.3) is 0 Å². The quantitative estimate of drug-likeness (QED) is 0.469. The predicted octanol–water partition coefficient (Wildman–Crippen LogP) is 2.36. The SMILES string of the molecule is CC(C)c1ccc(C#CC=O)cc1. The number of carbonyl (C=O) groups is 1. The zero-order chi connectivity index (χ0) is 9.68. The summed E-state index contributed by atoms with van der Waals surface area (Å²) in [6.07, 6.45) is 0.607. The molecule has 0 aromatic heterocycles. The molecule has 0 bridgehead atoms. The average Bonchev–Trinajstić information content (AvgIpc) is 2.15. The van der Waals surface area contributed by atoms with Crippen LogP contribution in [0.4, 0.5) is 0 Å². The summed E-state index contributed by atoms with van der Waals surface area (Å²) in [6.45, 7) is 4.29. The standard InChI is InChI=1S/C12H12O/c1-10(2)12-7-5-11(6-8-12)4-3-9-13/h5-10H,1-2H3. The zero-order valence-corrected chi connectivity index (χ0v) is 7.87. The molecule has 1 rings (SSSR count). The molecule has 0 spiro atoms. The third kappa shape index (κ3) is 2.76. The second-order valence-electron chi connectivity index (χ2n) is 3.16. The topological polar surface area (TPSA) is 17.1 Å². The molecule has 1 aromatic rings. The fourth-order valence-electron chi connectivity index (χ4n) is 1.06. The van der Waals surface area contributed by atoms with Gasteiger partial charge in [0, 0.05) is 5.56 Å². The van der Waals surface area contributed by atoms with Gasteiger partial charge in [-0.3, -0.25) is 4.79 Å². The average molecular weight is 172 g/mol. The second kappa shape index (κ2) is 4.47. The molecule has 0 aliphatic heterocycles. The van der Waals surface area contributed by atoms with Crippen molar-refractivity contribution in [3.63, 3.8) is 0 Å². The third-order valence-corrected chi connectivity index (χ3v) is 1.85. The molecule has 0 N–H and O–H groups in total. The van der Waals surface area contributed by atoms with Gasteiger partial charge in [0.15, 0.2) is 6.29 Å². The van der Waals surface area contributed by atoms with Crippen LogP contribution in [-0.2, 0) is 4.79 Å². The van der Waals surface area contributed by atoms with Crippen molar-refractivity contribution in [3.05, 3.63) is 35.4 Å². The van der Waals surface area contributed by atoms with Crippen LogP contribution >= 0.6 is 0 Å². The van der Waals surface area contributed by atoms with E-state index in [1.807, 2.05) is 24.3 Å². The molecular formula is C12H12O. The van der Waals surface area contributed by atoms with Crippen LogP contribution in [0.3, 0.4) is 0 Å². The Morgan fingerprint density at radius 1 is 1.23 bits per heavy atom. The highest BCUT2D eigenvalue weighted by Crippen LogP contribution is 2.13. The molecule has 13 heavy (non-hydrogen) atoms. The van der Waals surface area contributed by atoms with Crippen LogP contribution in [0.15, 0.2) is 24.3 Å². The maximum atomic E-state index is 9.98. The lowest BCUT2D eigenvalue weighted by Gasteiger charge is -2.03. The Kier molecular flexibility index (Phi) is 3.28. The van der Waals surface area contributed by atoms with Crippen molar-refractivity contribution in [2.45, 2.75) is 19.8 Å². The minimum absolute atomic E-state index is 0.535. The molecule has 1 nitrogen and oxygen atoms in total. The number of hydrogen-bond donors (Lipinski definition) is 0. The van der Waals surface area contributed by atoms with Gasteiger partial charge in [-0.2, -0.15) is 0 Å². The molecule has 0 fully saturated rings. The first-order valence-corrected chi connectivity index (χ1v) is 4.29. The largest absolute Gasteiger partial charge is 0.289 e. The molecule has 0 atom stereocenters. The predicted molar refractivity (Wildman–Crippen MR) is 53.5 cm³/mol. The number of aldehydes is 1. The molecule has 66 valence electrons. The highest BCUT2D eigenvalue weighted by molar-refractivity contribution is 5.73. The number of benzene rings is 1. The minimum Gasteiger partial charge on any atom is -0.289 e. The number of rotatable bonds is 1. The number of carbonyl (C=O) groups excluding carboxylic acids is 1. The van der Waals surface area contributed by atoms with Crippen molar-refractivity contribution in [3.8, 4) is 11.8 Å². The highest BCUT2D eigenvalue weighted by atomic mass is 16.1. The maximum Gasteiger partial charge on any atom is 0.193 e. The summed E-state index contributed by atoms with van der Waals surface area (Å²) in [5.74, 6) is 5.66. The molecular weight excluding hydrogens is 160 g/mol. The van der Waals surface area contributed by atoms with Gasteiger partial charge in [-0.1, -0.05) is 31.9 Å². The lowest BCUT2D eigenvalue weighted by molar-refractivity contribution is -0.103. The summed E-state index contributed by atoms with van der Waals surface area (Å²) in [6, 6.07) is 7.95. The van der Waals surface area contributed by atoms with Gasteiger partial charge in [0.2, 0.25) is 0 Å². The molecule has 0 unspecified atom stereocenters. The van der Waals surface area contributed by atoms with Crippen LogP contribution in [0.5, 0.6) is 0 Å². The van der Waals surface area contributed by atoms with Gasteiger partial charge in [0.05, 0.1) is 0 Å². The van der Waals surface area contributed by atoms with Crippen molar-refractivity contribution < 1.29 is 4.79 Å². The van der Waals surface area contributed by atoms with Crippen LogP contribution in [0.2, 0.25) is 0 Å². The van der Waals surface area contributed by atoms with E-state index in [0.717, 1.165) is 5.56 Å². The fourth-order valence-corrected chi connectivity index (χ4v) is 1.06. The lowest BCUT2D eigenvalue weighted by atomic mass is 10.0. The fraction of sp³-hybridized carbons (Fsp3) is 0.250. The van der Waals surface area contributed by atoms with Gasteiger partial charge in [-0.15, -0.1) is 0 Å². The molecule has 0 amide bonds. The zero-order valence-electron chi connectivity index (χ0n) is 7.87. The molecule has 0 heterocycles. The van der Waals surface area contributed by atoms with Crippen LogP contribution in [0, 0.1) is 11.8 Å². The van der Waals surface area contributed by atoms with Crippen LogP contribution in [0.1, 0.15) is 30.9 Å². The van der Waals surface area contributed by atoms with E-state index in [1.54, 1.807) is 0 Å².